The Morgan fingerprint density at radius 1 is 1.06 bits per heavy atom. The van der Waals surface area contributed by atoms with Crippen molar-refractivity contribution in [1.29, 1.82) is 0 Å². The Morgan fingerprint density at radius 2 is 1.89 bits per heavy atom. The number of hydrogen-bond acceptors (Lipinski definition) is 5. The van der Waals surface area contributed by atoms with Crippen LogP contribution >= 0.6 is 0 Å². The number of amides is 1. The standard InChI is InChI=1S/C28H29N5O2/c34-28(30-35)22-9-7-21(8-10-22)16-31-14-12-25-26(11-13-29-27(25)31)32-18-23-15-24(19-32)33(23)17-20-5-3-1-2-4-6-20/h1,3-14,23-24,35H,2,15-19H2,(H,30,34). The van der Waals surface area contributed by atoms with E-state index >= 15 is 0 Å². The lowest BCUT2D eigenvalue weighted by atomic mass is 9.86. The van der Waals surface area contributed by atoms with Crippen molar-refractivity contribution in [3.8, 4) is 0 Å². The van der Waals surface area contributed by atoms with E-state index in [2.05, 4.69) is 63.1 Å². The second-order valence-electron chi connectivity index (χ2n) is 9.58. The van der Waals surface area contributed by atoms with Crippen molar-refractivity contribution in [1.82, 2.24) is 19.9 Å². The molecule has 3 aromatic rings. The Kier molecular flexibility index (Phi) is 5.72. The molecule has 2 N–H and O–H groups in total. The first-order chi connectivity index (χ1) is 17.2. The number of hydroxylamine groups is 1. The summed E-state index contributed by atoms with van der Waals surface area (Å²) in [5, 5.41) is 9.99. The van der Waals surface area contributed by atoms with Crippen LogP contribution in [0.15, 0.2) is 84.7 Å². The normalized spacial score (nSPS) is 21.5. The molecule has 7 heteroatoms. The van der Waals surface area contributed by atoms with Crippen molar-refractivity contribution in [2.24, 2.45) is 0 Å². The molecule has 178 valence electrons. The molecule has 1 aromatic carbocycles. The smallest absolute Gasteiger partial charge is 0.274 e. The highest BCUT2D eigenvalue weighted by atomic mass is 16.5. The topological polar surface area (TPSA) is 73.6 Å². The van der Waals surface area contributed by atoms with Crippen molar-refractivity contribution >= 4 is 22.6 Å². The highest BCUT2D eigenvalue weighted by Crippen LogP contribution is 2.37. The van der Waals surface area contributed by atoms with Gasteiger partial charge in [0.1, 0.15) is 5.65 Å². The number of anilines is 1. The third-order valence-electron chi connectivity index (χ3n) is 7.41. The number of rotatable bonds is 6. The lowest BCUT2D eigenvalue weighted by Crippen LogP contribution is -2.69. The molecule has 7 rings (SSSR count). The molecule has 1 amide bonds. The van der Waals surface area contributed by atoms with Crippen LogP contribution in [0.5, 0.6) is 0 Å². The summed E-state index contributed by atoms with van der Waals surface area (Å²) in [4.78, 5) is 21.5. The number of carbonyl (C=O) groups excluding carboxylic acids is 1. The van der Waals surface area contributed by atoms with Crippen molar-refractivity contribution < 1.29 is 10.0 Å². The van der Waals surface area contributed by atoms with Gasteiger partial charge < -0.3 is 9.47 Å². The summed E-state index contributed by atoms with van der Waals surface area (Å²) < 4.78 is 2.15. The number of pyridine rings is 1. The molecule has 0 spiro atoms. The molecule has 3 saturated heterocycles. The molecule has 35 heavy (non-hydrogen) atoms. The van der Waals surface area contributed by atoms with Crippen LogP contribution in [0, 0.1) is 0 Å². The fourth-order valence-electron chi connectivity index (χ4n) is 5.58. The number of hydrogen-bond donors (Lipinski definition) is 2. The van der Waals surface area contributed by atoms with E-state index in [-0.39, 0.29) is 0 Å². The van der Waals surface area contributed by atoms with E-state index in [0.717, 1.165) is 37.3 Å². The first-order valence-corrected chi connectivity index (χ1v) is 12.2. The van der Waals surface area contributed by atoms with E-state index in [4.69, 9.17) is 10.2 Å². The second kappa shape index (κ2) is 9.17. The molecule has 0 radical (unpaired) electrons. The summed E-state index contributed by atoms with van der Waals surface area (Å²) in [6.45, 7) is 3.78. The molecule has 2 atom stereocenters. The fraction of sp³-hybridized carbons (Fsp3) is 0.286. The number of aromatic nitrogens is 2. The van der Waals surface area contributed by atoms with Gasteiger partial charge in [0, 0.05) is 67.3 Å². The Hall–Kier alpha value is -3.68. The van der Waals surface area contributed by atoms with Gasteiger partial charge in [0.05, 0.1) is 0 Å². The molecular weight excluding hydrogens is 438 g/mol. The SMILES string of the molecule is O=C(NO)c1ccc(Cn2ccc3c(N4CC5CC(C4)N5CC4=CC=CCC=C4)ccnc32)cc1. The zero-order chi connectivity index (χ0) is 23.8. The monoisotopic (exact) mass is 467 g/mol. The van der Waals surface area contributed by atoms with Gasteiger partial charge in [-0.2, -0.15) is 0 Å². The predicted molar refractivity (Wildman–Crippen MR) is 137 cm³/mol. The summed E-state index contributed by atoms with van der Waals surface area (Å²) >= 11 is 0. The van der Waals surface area contributed by atoms with Crippen molar-refractivity contribution in [3.05, 3.63) is 95.9 Å². The minimum absolute atomic E-state index is 0.426. The van der Waals surface area contributed by atoms with Crippen LogP contribution in [0.3, 0.4) is 0 Å². The quantitative estimate of drug-likeness (QED) is 0.425. The highest BCUT2D eigenvalue weighted by Gasteiger charge is 2.44. The Labute approximate surface area is 204 Å². The van der Waals surface area contributed by atoms with Gasteiger partial charge in [-0.3, -0.25) is 14.9 Å². The number of allylic oxidation sites excluding steroid dienone is 4. The maximum atomic E-state index is 11.6. The van der Waals surface area contributed by atoms with Gasteiger partial charge in [-0.15, -0.1) is 0 Å². The zero-order valence-electron chi connectivity index (χ0n) is 19.5. The van der Waals surface area contributed by atoms with Crippen molar-refractivity contribution in [3.63, 3.8) is 0 Å². The molecule has 3 fully saturated rings. The molecule has 0 saturated carbocycles. The van der Waals surface area contributed by atoms with Gasteiger partial charge in [0.25, 0.3) is 5.91 Å². The van der Waals surface area contributed by atoms with Crippen LogP contribution in [-0.4, -0.2) is 57.3 Å². The molecule has 2 unspecified atom stereocenters. The van der Waals surface area contributed by atoms with Gasteiger partial charge >= 0.3 is 0 Å². The Morgan fingerprint density at radius 3 is 2.69 bits per heavy atom. The van der Waals surface area contributed by atoms with Gasteiger partial charge in [0.2, 0.25) is 0 Å². The molecule has 7 nitrogen and oxygen atoms in total. The van der Waals surface area contributed by atoms with Crippen LogP contribution in [0.2, 0.25) is 0 Å². The lowest BCUT2D eigenvalue weighted by Gasteiger charge is -2.57. The van der Waals surface area contributed by atoms with Crippen LogP contribution in [0.25, 0.3) is 11.0 Å². The minimum atomic E-state index is -0.508. The maximum Gasteiger partial charge on any atom is 0.274 e. The number of benzene rings is 1. The maximum absolute atomic E-state index is 11.6. The molecule has 1 aliphatic carbocycles. The average Bonchev–Trinajstić information content (AvgIpc) is 3.12. The molecule has 5 heterocycles. The van der Waals surface area contributed by atoms with E-state index in [9.17, 15) is 4.79 Å². The van der Waals surface area contributed by atoms with E-state index in [0.29, 0.717) is 24.2 Å². The number of piperidine rings is 1. The van der Waals surface area contributed by atoms with Crippen LogP contribution < -0.4 is 10.4 Å². The summed E-state index contributed by atoms with van der Waals surface area (Å²) in [6, 6.07) is 12.7. The van der Waals surface area contributed by atoms with Crippen molar-refractivity contribution in [2.45, 2.75) is 31.5 Å². The third-order valence-corrected chi connectivity index (χ3v) is 7.41. The summed E-state index contributed by atoms with van der Waals surface area (Å²) in [7, 11) is 0. The molecule has 4 aliphatic rings. The Balaban J connectivity index is 1.17. The molecule has 2 aromatic heterocycles. The van der Waals surface area contributed by atoms with Crippen LogP contribution in [0.4, 0.5) is 5.69 Å². The van der Waals surface area contributed by atoms with Gasteiger partial charge in [0.15, 0.2) is 0 Å². The van der Waals surface area contributed by atoms with Gasteiger partial charge in [-0.05, 0) is 48.2 Å². The largest absolute Gasteiger partial charge is 0.368 e. The number of piperazine rings is 1. The number of nitrogens with one attached hydrogen (secondary N) is 1. The highest BCUT2D eigenvalue weighted by molar-refractivity contribution is 5.93. The molecule has 3 aliphatic heterocycles. The summed E-state index contributed by atoms with van der Waals surface area (Å²) in [5.74, 6) is -0.508. The van der Waals surface area contributed by atoms with Gasteiger partial charge in [-0.1, -0.05) is 42.5 Å². The van der Waals surface area contributed by atoms with E-state index < -0.39 is 5.91 Å². The average molecular weight is 468 g/mol. The lowest BCUT2D eigenvalue weighted by molar-refractivity contribution is 0.00920. The predicted octanol–water partition coefficient (Wildman–Crippen LogP) is 3.91. The molecular formula is C28H29N5O2. The van der Waals surface area contributed by atoms with Crippen LogP contribution in [0.1, 0.15) is 28.8 Å². The first-order valence-electron chi connectivity index (χ1n) is 12.2. The molecule has 2 bridgehead atoms. The summed E-state index contributed by atoms with van der Waals surface area (Å²) in [5.41, 5.74) is 6.79. The first kappa shape index (κ1) is 21.8. The fourth-order valence-corrected chi connectivity index (χ4v) is 5.58. The van der Waals surface area contributed by atoms with E-state index in [1.807, 2.05) is 18.3 Å². The minimum Gasteiger partial charge on any atom is -0.368 e. The van der Waals surface area contributed by atoms with Crippen molar-refractivity contribution in [2.75, 3.05) is 24.5 Å². The number of fused-ring (bicyclic) bond motifs is 3. The third kappa shape index (κ3) is 4.17. The van der Waals surface area contributed by atoms with E-state index in [1.54, 1.807) is 17.6 Å². The number of carbonyl (C=O) groups is 1. The number of nitrogens with zero attached hydrogens (tertiary/aromatic N) is 4. The van der Waals surface area contributed by atoms with Crippen LogP contribution in [-0.2, 0) is 6.54 Å². The zero-order valence-corrected chi connectivity index (χ0v) is 19.5. The van der Waals surface area contributed by atoms with E-state index in [1.165, 1.54) is 23.1 Å². The Bertz CT molecular complexity index is 1330. The van der Waals surface area contributed by atoms with Gasteiger partial charge in [-0.25, -0.2) is 10.5 Å². The summed E-state index contributed by atoms with van der Waals surface area (Å²) in [6.07, 6.45) is 17.4. The second-order valence-corrected chi connectivity index (χ2v) is 9.58.